The number of non-ortho nitro benzene ring substituents is 1. The molecule has 0 unspecified atom stereocenters. The molecule has 5 nitrogen and oxygen atoms in total. The maximum Gasteiger partial charge on any atom is 0.269 e. The number of rotatable bonds is 6. The number of thioether (sulfide) groups is 1. The van der Waals surface area contributed by atoms with Crippen molar-refractivity contribution in [1.82, 2.24) is 5.32 Å². The van der Waals surface area contributed by atoms with Gasteiger partial charge in [-0.1, -0.05) is 38.8 Å². The van der Waals surface area contributed by atoms with Crippen LogP contribution in [-0.2, 0) is 10.5 Å². The van der Waals surface area contributed by atoms with Gasteiger partial charge in [0.1, 0.15) is 0 Å². The van der Waals surface area contributed by atoms with Gasteiger partial charge in [0.15, 0.2) is 0 Å². The Morgan fingerprint density at radius 3 is 2.65 bits per heavy atom. The van der Waals surface area contributed by atoms with Gasteiger partial charge >= 0.3 is 0 Å². The van der Waals surface area contributed by atoms with Gasteiger partial charge in [-0.15, -0.1) is 11.8 Å². The van der Waals surface area contributed by atoms with E-state index in [1.54, 1.807) is 12.1 Å². The number of nitro benzene ring substituents is 1. The average Bonchev–Trinajstić information content (AvgIpc) is 2.52. The van der Waals surface area contributed by atoms with Crippen LogP contribution in [0, 0.1) is 22.0 Å². The first kappa shape index (κ1) is 17.8. The maximum atomic E-state index is 12.1. The lowest BCUT2D eigenvalue weighted by atomic mass is 9.78. The lowest BCUT2D eigenvalue weighted by Crippen LogP contribution is -2.44. The Morgan fingerprint density at radius 2 is 2.00 bits per heavy atom. The van der Waals surface area contributed by atoms with Gasteiger partial charge in [-0.2, -0.15) is 0 Å². The molecule has 1 N–H and O–H groups in total. The van der Waals surface area contributed by atoms with Crippen molar-refractivity contribution in [1.29, 1.82) is 0 Å². The van der Waals surface area contributed by atoms with Crippen molar-refractivity contribution in [2.45, 2.75) is 44.9 Å². The smallest absolute Gasteiger partial charge is 0.269 e. The van der Waals surface area contributed by atoms with Gasteiger partial charge in [0.25, 0.3) is 5.69 Å². The van der Waals surface area contributed by atoms with E-state index in [4.69, 9.17) is 0 Å². The third-order valence-corrected chi connectivity index (χ3v) is 5.71. The maximum absolute atomic E-state index is 12.1. The lowest BCUT2D eigenvalue weighted by Gasteiger charge is -2.34. The minimum absolute atomic E-state index is 0.0860. The standard InChI is InChI=1S/C17H24N2O3S/c1-12-4-3-5-16(13(12)2)18-17(20)11-23-10-14-6-8-15(9-7-14)19(21)22/h6-9,12-13,16H,3-5,10-11H2,1-2H3,(H,18,20)/t12-,13+,16+/m0/s1. The molecule has 0 radical (unpaired) electrons. The third kappa shape index (κ3) is 5.23. The number of nitrogens with one attached hydrogen (secondary N) is 1. The highest BCUT2D eigenvalue weighted by Crippen LogP contribution is 2.29. The highest BCUT2D eigenvalue weighted by molar-refractivity contribution is 7.99. The molecule has 6 heteroatoms. The summed E-state index contributed by atoms with van der Waals surface area (Å²) in [6.07, 6.45) is 3.51. The Balaban J connectivity index is 1.73. The summed E-state index contributed by atoms with van der Waals surface area (Å²) in [6, 6.07) is 6.79. The molecule has 3 atom stereocenters. The molecular formula is C17H24N2O3S. The normalized spacial score (nSPS) is 24.2. The Kier molecular flexibility index (Phi) is 6.45. The minimum Gasteiger partial charge on any atom is -0.352 e. The van der Waals surface area contributed by atoms with Crippen molar-refractivity contribution < 1.29 is 9.72 Å². The molecule has 0 heterocycles. The van der Waals surface area contributed by atoms with Crippen LogP contribution < -0.4 is 5.32 Å². The molecule has 0 bridgehead atoms. The topological polar surface area (TPSA) is 72.2 Å². The van der Waals surface area contributed by atoms with E-state index in [2.05, 4.69) is 19.2 Å². The molecular weight excluding hydrogens is 312 g/mol. The number of hydrogen-bond donors (Lipinski definition) is 1. The Labute approximate surface area is 141 Å². The second-order valence-corrected chi connectivity index (χ2v) is 7.34. The summed E-state index contributed by atoms with van der Waals surface area (Å²) in [5.41, 5.74) is 1.09. The summed E-state index contributed by atoms with van der Waals surface area (Å²) in [5, 5.41) is 13.8. The summed E-state index contributed by atoms with van der Waals surface area (Å²) in [6.45, 7) is 4.48. The van der Waals surface area contributed by atoms with E-state index in [-0.39, 0.29) is 11.6 Å². The van der Waals surface area contributed by atoms with Crippen LogP contribution in [-0.4, -0.2) is 22.6 Å². The number of nitrogens with zero attached hydrogens (tertiary/aromatic N) is 1. The zero-order valence-corrected chi connectivity index (χ0v) is 14.5. The molecule has 126 valence electrons. The van der Waals surface area contributed by atoms with Gasteiger partial charge in [-0.25, -0.2) is 0 Å². The van der Waals surface area contributed by atoms with Gasteiger partial charge in [0.05, 0.1) is 10.7 Å². The zero-order valence-electron chi connectivity index (χ0n) is 13.7. The molecule has 0 aliphatic heterocycles. The fraction of sp³-hybridized carbons (Fsp3) is 0.588. The Morgan fingerprint density at radius 1 is 1.30 bits per heavy atom. The molecule has 1 saturated carbocycles. The van der Waals surface area contributed by atoms with Gasteiger partial charge in [-0.3, -0.25) is 14.9 Å². The lowest BCUT2D eigenvalue weighted by molar-refractivity contribution is -0.384. The minimum atomic E-state index is -0.406. The van der Waals surface area contributed by atoms with Crippen LogP contribution >= 0.6 is 11.8 Å². The number of hydrogen-bond acceptors (Lipinski definition) is 4. The Hall–Kier alpha value is -1.56. The summed E-state index contributed by atoms with van der Waals surface area (Å²) in [4.78, 5) is 22.3. The molecule has 1 fully saturated rings. The van der Waals surface area contributed by atoms with Crippen molar-refractivity contribution in [2.75, 3.05) is 5.75 Å². The summed E-state index contributed by atoms with van der Waals surface area (Å²) in [7, 11) is 0. The second kappa shape index (κ2) is 8.34. The van der Waals surface area contributed by atoms with E-state index in [1.807, 2.05) is 0 Å². The van der Waals surface area contributed by atoms with Crippen LogP contribution in [0.5, 0.6) is 0 Å². The number of carbonyl (C=O) groups excluding carboxylic acids is 1. The van der Waals surface area contributed by atoms with Crippen LogP contribution in [0.2, 0.25) is 0 Å². The van der Waals surface area contributed by atoms with Crippen LogP contribution in [0.1, 0.15) is 38.7 Å². The van der Waals surface area contributed by atoms with Gasteiger partial charge in [-0.05, 0) is 23.8 Å². The molecule has 1 amide bonds. The summed E-state index contributed by atoms with van der Waals surface area (Å²) >= 11 is 1.54. The fourth-order valence-electron chi connectivity index (χ4n) is 3.01. The average molecular weight is 336 g/mol. The molecule has 23 heavy (non-hydrogen) atoms. The highest BCUT2D eigenvalue weighted by Gasteiger charge is 2.27. The van der Waals surface area contributed by atoms with Crippen LogP contribution in [0.4, 0.5) is 5.69 Å². The third-order valence-electron chi connectivity index (χ3n) is 4.70. The van der Waals surface area contributed by atoms with E-state index in [0.717, 1.165) is 12.0 Å². The molecule has 0 saturated heterocycles. The van der Waals surface area contributed by atoms with Crippen molar-refractivity contribution in [3.8, 4) is 0 Å². The fourth-order valence-corrected chi connectivity index (χ4v) is 3.81. The van der Waals surface area contributed by atoms with Crippen LogP contribution in [0.15, 0.2) is 24.3 Å². The number of carbonyl (C=O) groups is 1. The Bertz CT molecular complexity index is 547. The monoisotopic (exact) mass is 336 g/mol. The van der Waals surface area contributed by atoms with E-state index < -0.39 is 4.92 Å². The molecule has 0 spiro atoms. The number of nitro groups is 1. The van der Waals surface area contributed by atoms with Gasteiger partial charge < -0.3 is 5.32 Å². The summed E-state index contributed by atoms with van der Waals surface area (Å²) < 4.78 is 0. The second-order valence-electron chi connectivity index (χ2n) is 6.36. The zero-order chi connectivity index (χ0) is 16.8. The first-order valence-corrected chi connectivity index (χ1v) is 9.23. The SMILES string of the molecule is C[C@@H]1[C@@H](C)CCC[C@H]1NC(=O)CSCc1ccc([N+](=O)[O-])cc1. The predicted octanol–water partition coefficient (Wildman–Crippen LogP) is 3.77. The van der Waals surface area contributed by atoms with E-state index >= 15 is 0 Å². The van der Waals surface area contributed by atoms with E-state index in [1.165, 1.54) is 36.7 Å². The van der Waals surface area contributed by atoms with Crippen molar-refractivity contribution >= 4 is 23.4 Å². The quantitative estimate of drug-likeness (QED) is 0.634. The highest BCUT2D eigenvalue weighted by atomic mass is 32.2. The van der Waals surface area contributed by atoms with Crippen LogP contribution in [0.3, 0.4) is 0 Å². The molecule has 1 aliphatic carbocycles. The number of amides is 1. The largest absolute Gasteiger partial charge is 0.352 e. The first-order chi connectivity index (χ1) is 11.0. The summed E-state index contributed by atoms with van der Waals surface area (Å²) in [5.74, 6) is 2.40. The molecule has 1 aliphatic rings. The molecule has 1 aromatic rings. The molecule has 1 aromatic carbocycles. The van der Waals surface area contributed by atoms with Crippen molar-refractivity contribution in [3.05, 3.63) is 39.9 Å². The molecule has 2 rings (SSSR count). The van der Waals surface area contributed by atoms with E-state index in [0.29, 0.717) is 29.4 Å². The van der Waals surface area contributed by atoms with Gasteiger partial charge in [0.2, 0.25) is 5.91 Å². The predicted molar refractivity (Wildman–Crippen MR) is 93.4 cm³/mol. The van der Waals surface area contributed by atoms with Gasteiger partial charge in [0, 0.05) is 23.9 Å². The molecule has 0 aromatic heterocycles. The first-order valence-electron chi connectivity index (χ1n) is 8.08. The van der Waals surface area contributed by atoms with E-state index in [9.17, 15) is 14.9 Å². The van der Waals surface area contributed by atoms with Crippen molar-refractivity contribution in [3.63, 3.8) is 0 Å². The number of benzene rings is 1. The van der Waals surface area contributed by atoms with Crippen molar-refractivity contribution in [2.24, 2.45) is 11.8 Å². The van der Waals surface area contributed by atoms with Crippen LogP contribution in [0.25, 0.3) is 0 Å².